The average Bonchev–Trinajstić information content (AvgIpc) is 3.19. The first-order chi connectivity index (χ1) is 16.5. The molecule has 0 saturated carbocycles. The number of amides is 2. The number of carbonyl (C=O) groups is 2. The first-order valence-corrected chi connectivity index (χ1v) is 11.2. The van der Waals surface area contributed by atoms with Crippen LogP contribution >= 0.6 is 0 Å². The Labute approximate surface area is 199 Å². The minimum absolute atomic E-state index is 0.0651. The fourth-order valence-electron chi connectivity index (χ4n) is 4.22. The SMILES string of the molecule is CCOc1ccccc1NC(=O)CC(c1ccc(OC)c(OC)c1)N1Cc2ccccc2C1=O. The van der Waals surface area contributed by atoms with E-state index in [1.54, 1.807) is 31.3 Å². The quantitative estimate of drug-likeness (QED) is 0.495. The smallest absolute Gasteiger partial charge is 0.255 e. The second-order valence-electron chi connectivity index (χ2n) is 7.90. The zero-order valence-corrected chi connectivity index (χ0v) is 19.5. The van der Waals surface area contributed by atoms with Gasteiger partial charge in [0, 0.05) is 12.1 Å². The number of hydrogen-bond acceptors (Lipinski definition) is 5. The lowest BCUT2D eigenvalue weighted by atomic mass is 10.0. The molecule has 1 heterocycles. The lowest BCUT2D eigenvalue weighted by molar-refractivity contribution is -0.117. The monoisotopic (exact) mass is 460 g/mol. The van der Waals surface area contributed by atoms with Crippen LogP contribution in [0.1, 0.15) is 40.9 Å². The molecule has 3 aromatic carbocycles. The number of hydrogen-bond donors (Lipinski definition) is 1. The molecular weight excluding hydrogens is 432 g/mol. The molecule has 0 aromatic heterocycles. The summed E-state index contributed by atoms with van der Waals surface area (Å²) in [5, 5.41) is 2.95. The normalized spacial score (nSPS) is 13.3. The second-order valence-corrected chi connectivity index (χ2v) is 7.90. The van der Waals surface area contributed by atoms with Gasteiger partial charge in [-0.3, -0.25) is 9.59 Å². The third-order valence-corrected chi connectivity index (χ3v) is 5.86. The van der Waals surface area contributed by atoms with Gasteiger partial charge in [0.25, 0.3) is 5.91 Å². The van der Waals surface area contributed by atoms with Gasteiger partial charge in [-0.15, -0.1) is 0 Å². The Bertz CT molecular complexity index is 1190. The van der Waals surface area contributed by atoms with Crippen molar-refractivity contribution < 1.29 is 23.8 Å². The molecule has 0 aliphatic carbocycles. The molecule has 7 heteroatoms. The number of para-hydroxylation sites is 2. The van der Waals surface area contributed by atoms with Crippen molar-refractivity contribution in [3.05, 3.63) is 83.4 Å². The Morgan fingerprint density at radius 2 is 1.71 bits per heavy atom. The van der Waals surface area contributed by atoms with E-state index >= 15 is 0 Å². The van der Waals surface area contributed by atoms with Crippen LogP contribution in [0.2, 0.25) is 0 Å². The van der Waals surface area contributed by atoms with Crippen LogP contribution in [0.4, 0.5) is 5.69 Å². The van der Waals surface area contributed by atoms with Gasteiger partial charge in [0.1, 0.15) is 5.75 Å². The van der Waals surface area contributed by atoms with Gasteiger partial charge in [-0.05, 0) is 48.4 Å². The average molecular weight is 461 g/mol. The summed E-state index contributed by atoms with van der Waals surface area (Å²) >= 11 is 0. The van der Waals surface area contributed by atoms with Crippen LogP contribution in [0.3, 0.4) is 0 Å². The summed E-state index contributed by atoms with van der Waals surface area (Å²) in [4.78, 5) is 28.2. The third-order valence-electron chi connectivity index (χ3n) is 5.86. The topological polar surface area (TPSA) is 77.1 Å². The highest BCUT2D eigenvalue weighted by atomic mass is 16.5. The molecular formula is C27H28N2O5. The van der Waals surface area contributed by atoms with Crippen LogP contribution < -0.4 is 19.5 Å². The predicted octanol–water partition coefficient (Wildman–Crippen LogP) is 4.83. The van der Waals surface area contributed by atoms with Crippen LogP contribution in [-0.2, 0) is 11.3 Å². The van der Waals surface area contributed by atoms with Crippen LogP contribution in [0.15, 0.2) is 66.7 Å². The van der Waals surface area contributed by atoms with E-state index in [0.717, 1.165) is 11.1 Å². The number of methoxy groups -OCH3 is 2. The zero-order valence-electron chi connectivity index (χ0n) is 19.5. The number of fused-ring (bicyclic) bond motifs is 1. The largest absolute Gasteiger partial charge is 0.493 e. The third kappa shape index (κ3) is 4.69. The lowest BCUT2D eigenvalue weighted by Gasteiger charge is -2.28. The summed E-state index contributed by atoms with van der Waals surface area (Å²) in [5.41, 5.74) is 2.98. The van der Waals surface area contributed by atoms with Gasteiger partial charge in [0.2, 0.25) is 5.91 Å². The fourth-order valence-corrected chi connectivity index (χ4v) is 4.22. The molecule has 0 spiro atoms. The summed E-state index contributed by atoms with van der Waals surface area (Å²) in [6.07, 6.45) is 0.0651. The highest BCUT2D eigenvalue weighted by Gasteiger charge is 2.35. The van der Waals surface area contributed by atoms with Gasteiger partial charge in [0.15, 0.2) is 11.5 Å². The van der Waals surface area contributed by atoms with E-state index in [1.807, 2.05) is 61.5 Å². The Balaban J connectivity index is 1.65. The summed E-state index contributed by atoms with van der Waals surface area (Å²) in [7, 11) is 3.13. The first-order valence-electron chi connectivity index (χ1n) is 11.2. The minimum Gasteiger partial charge on any atom is -0.493 e. The summed E-state index contributed by atoms with van der Waals surface area (Å²) in [6, 6.07) is 19.8. The number of ether oxygens (including phenoxy) is 3. The maximum Gasteiger partial charge on any atom is 0.255 e. The van der Waals surface area contributed by atoms with E-state index in [4.69, 9.17) is 14.2 Å². The molecule has 0 fully saturated rings. The Morgan fingerprint density at radius 1 is 0.971 bits per heavy atom. The van der Waals surface area contributed by atoms with Gasteiger partial charge in [-0.1, -0.05) is 36.4 Å². The zero-order chi connectivity index (χ0) is 24.1. The van der Waals surface area contributed by atoms with E-state index in [9.17, 15) is 9.59 Å². The summed E-state index contributed by atoms with van der Waals surface area (Å²) in [6.45, 7) is 2.81. The van der Waals surface area contributed by atoms with E-state index in [2.05, 4.69) is 5.32 Å². The minimum atomic E-state index is -0.501. The molecule has 1 aliphatic heterocycles. The first kappa shape index (κ1) is 23.2. The maximum atomic E-state index is 13.3. The van der Waals surface area contributed by atoms with Gasteiger partial charge in [0.05, 0.1) is 39.0 Å². The van der Waals surface area contributed by atoms with E-state index < -0.39 is 6.04 Å². The predicted molar refractivity (Wildman–Crippen MR) is 129 cm³/mol. The molecule has 7 nitrogen and oxygen atoms in total. The Hall–Kier alpha value is -4.00. The second kappa shape index (κ2) is 10.3. The molecule has 2 amide bonds. The molecule has 0 radical (unpaired) electrons. The van der Waals surface area contributed by atoms with Crippen molar-refractivity contribution in [1.29, 1.82) is 0 Å². The number of nitrogens with one attached hydrogen (secondary N) is 1. The van der Waals surface area contributed by atoms with Crippen molar-refractivity contribution in [2.24, 2.45) is 0 Å². The molecule has 1 aliphatic rings. The van der Waals surface area contributed by atoms with Crippen molar-refractivity contribution in [3.63, 3.8) is 0 Å². The number of rotatable bonds is 9. The van der Waals surface area contributed by atoms with Crippen molar-refractivity contribution in [1.82, 2.24) is 4.90 Å². The molecule has 1 unspecified atom stereocenters. The highest BCUT2D eigenvalue weighted by Crippen LogP contribution is 2.37. The molecule has 4 rings (SSSR count). The van der Waals surface area contributed by atoms with Crippen molar-refractivity contribution >= 4 is 17.5 Å². The summed E-state index contributed by atoms with van der Waals surface area (Å²) in [5.74, 6) is 1.40. The van der Waals surface area contributed by atoms with Crippen molar-refractivity contribution in [2.45, 2.75) is 25.9 Å². The Kier molecular flexibility index (Phi) is 7.01. The number of benzene rings is 3. The van der Waals surface area contributed by atoms with Gasteiger partial charge in [-0.2, -0.15) is 0 Å². The number of nitrogens with zero attached hydrogens (tertiary/aromatic N) is 1. The standard InChI is InChI=1S/C27H28N2O5/c1-4-34-23-12-8-7-11-21(23)28-26(30)16-22(18-13-14-24(32-2)25(15-18)33-3)29-17-19-9-5-6-10-20(19)27(29)31/h5-15,22H,4,16-17H2,1-3H3,(H,28,30). The van der Waals surface area contributed by atoms with Crippen LogP contribution in [0, 0.1) is 0 Å². The van der Waals surface area contributed by atoms with E-state index in [1.165, 1.54) is 0 Å². The van der Waals surface area contributed by atoms with Crippen molar-refractivity contribution in [3.8, 4) is 17.2 Å². The molecule has 1 atom stereocenters. The highest BCUT2D eigenvalue weighted by molar-refractivity contribution is 5.99. The molecule has 0 bridgehead atoms. The molecule has 34 heavy (non-hydrogen) atoms. The van der Waals surface area contributed by atoms with Gasteiger partial charge < -0.3 is 24.4 Å². The van der Waals surface area contributed by atoms with Crippen LogP contribution in [0.5, 0.6) is 17.2 Å². The maximum absolute atomic E-state index is 13.3. The molecule has 176 valence electrons. The van der Waals surface area contributed by atoms with E-state index in [-0.39, 0.29) is 18.2 Å². The molecule has 0 saturated heterocycles. The van der Waals surface area contributed by atoms with Gasteiger partial charge in [-0.25, -0.2) is 0 Å². The van der Waals surface area contributed by atoms with Crippen LogP contribution in [-0.4, -0.2) is 37.5 Å². The lowest BCUT2D eigenvalue weighted by Crippen LogP contribution is -2.32. The summed E-state index contributed by atoms with van der Waals surface area (Å²) < 4.78 is 16.5. The molecule has 3 aromatic rings. The fraction of sp³-hybridized carbons (Fsp3) is 0.259. The number of anilines is 1. The molecule has 1 N–H and O–H groups in total. The van der Waals surface area contributed by atoms with Crippen molar-refractivity contribution in [2.75, 3.05) is 26.1 Å². The number of carbonyl (C=O) groups excluding carboxylic acids is 2. The Morgan fingerprint density at radius 3 is 2.44 bits per heavy atom. The van der Waals surface area contributed by atoms with Gasteiger partial charge >= 0.3 is 0 Å². The van der Waals surface area contributed by atoms with E-state index in [0.29, 0.717) is 41.7 Å². The van der Waals surface area contributed by atoms with Crippen LogP contribution in [0.25, 0.3) is 0 Å².